The molecule has 0 spiro atoms. The molecule has 21 heavy (non-hydrogen) atoms. The summed E-state index contributed by atoms with van der Waals surface area (Å²) in [6.45, 7) is 2.91. The zero-order chi connectivity index (χ0) is 15.2. The molecular weight excluding hydrogens is 267 g/mol. The minimum Gasteiger partial charge on any atom is -0.399 e. The Morgan fingerprint density at radius 3 is 2.52 bits per heavy atom. The molecule has 4 heteroatoms. The second kappa shape index (κ2) is 6.88. The molecule has 0 atom stereocenters. The second-order valence-electron chi connectivity index (χ2n) is 4.96. The molecule has 0 saturated carbocycles. The molecular formula is C17H19FN2O. The van der Waals surface area contributed by atoms with Gasteiger partial charge in [0.1, 0.15) is 5.82 Å². The van der Waals surface area contributed by atoms with Crippen molar-refractivity contribution in [3.05, 3.63) is 65.5 Å². The normalized spacial score (nSPS) is 10.4. The lowest BCUT2D eigenvalue weighted by molar-refractivity contribution is -0.130. The van der Waals surface area contributed by atoms with Crippen molar-refractivity contribution in [2.45, 2.75) is 19.9 Å². The minimum atomic E-state index is -0.285. The Bertz CT molecular complexity index is 628. The summed E-state index contributed by atoms with van der Waals surface area (Å²) < 4.78 is 13.2. The van der Waals surface area contributed by atoms with Crippen molar-refractivity contribution < 1.29 is 9.18 Å². The smallest absolute Gasteiger partial charge is 0.227 e. The van der Waals surface area contributed by atoms with Crippen LogP contribution in [0.4, 0.5) is 10.1 Å². The first-order valence-electron chi connectivity index (χ1n) is 6.95. The van der Waals surface area contributed by atoms with Crippen molar-refractivity contribution >= 4 is 11.6 Å². The van der Waals surface area contributed by atoms with Crippen LogP contribution in [-0.4, -0.2) is 17.4 Å². The van der Waals surface area contributed by atoms with Crippen LogP contribution in [0.3, 0.4) is 0 Å². The van der Waals surface area contributed by atoms with Gasteiger partial charge in [0.2, 0.25) is 5.91 Å². The zero-order valence-corrected chi connectivity index (χ0v) is 12.1. The number of hydrogen-bond acceptors (Lipinski definition) is 2. The topological polar surface area (TPSA) is 46.3 Å². The van der Waals surface area contributed by atoms with E-state index in [0.717, 1.165) is 11.1 Å². The van der Waals surface area contributed by atoms with E-state index in [1.165, 1.54) is 12.1 Å². The van der Waals surface area contributed by atoms with E-state index in [0.29, 0.717) is 25.2 Å². The molecule has 2 aromatic carbocycles. The summed E-state index contributed by atoms with van der Waals surface area (Å²) in [5.74, 6) is -0.279. The summed E-state index contributed by atoms with van der Waals surface area (Å²) in [5, 5.41) is 0. The lowest BCUT2D eigenvalue weighted by Gasteiger charge is -2.21. The molecule has 0 fully saturated rings. The number of anilines is 1. The maximum atomic E-state index is 13.2. The van der Waals surface area contributed by atoms with Crippen molar-refractivity contribution in [2.75, 3.05) is 12.3 Å². The molecule has 0 radical (unpaired) electrons. The van der Waals surface area contributed by atoms with Crippen LogP contribution in [0, 0.1) is 5.82 Å². The maximum Gasteiger partial charge on any atom is 0.227 e. The Hall–Kier alpha value is -2.36. The average Bonchev–Trinajstić information content (AvgIpc) is 2.44. The van der Waals surface area contributed by atoms with Crippen LogP contribution in [-0.2, 0) is 17.8 Å². The van der Waals surface area contributed by atoms with E-state index in [-0.39, 0.29) is 11.7 Å². The van der Waals surface area contributed by atoms with E-state index < -0.39 is 0 Å². The fourth-order valence-electron chi connectivity index (χ4n) is 2.22. The van der Waals surface area contributed by atoms with Crippen molar-refractivity contribution in [1.29, 1.82) is 0 Å². The fourth-order valence-corrected chi connectivity index (χ4v) is 2.22. The van der Waals surface area contributed by atoms with E-state index in [1.54, 1.807) is 23.1 Å². The molecule has 0 aromatic heterocycles. The summed E-state index contributed by atoms with van der Waals surface area (Å²) in [5.41, 5.74) is 8.04. The molecule has 3 nitrogen and oxygen atoms in total. The Labute approximate surface area is 124 Å². The lowest BCUT2D eigenvalue weighted by Crippen LogP contribution is -2.31. The van der Waals surface area contributed by atoms with Gasteiger partial charge < -0.3 is 10.6 Å². The standard InChI is InChI=1S/C17H19FN2O/c1-2-20(12-14-6-3-7-15(18)9-14)17(21)11-13-5-4-8-16(19)10-13/h3-10H,2,11-12,19H2,1H3. The molecule has 2 N–H and O–H groups in total. The molecule has 0 aliphatic carbocycles. The van der Waals surface area contributed by atoms with Crippen LogP contribution in [0.2, 0.25) is 0 Å². The lowest BCUT2D eigenvalue weighted by atomic mass is 10.1. The van der Waals surface area contributed by atoms with Crippen LogP contribution in [0.5, 0.6) is 0 Å². The third kappa shape index (κ3) is 4.31. The molecule has 0 heterocycles. The summed E-state index contributed by atoms with van der Waals surface area (Å²) in [4.78, 5) is 14.0. The quantitative estimate of drug-likeness (QED) is 0.859. The maximum absolute atomic E-state index is 13.2. The van der Waals surface area contributed by atoms with Gasteiger partial charge in [-0.3, -0.25) is 4.79 Å². The highest BCUT2D eigenvalue weighted by Gasteiger charge is 2.13. The third-order valence-corrected chi connectivity index (χ3v) is 3.30. The van der Waals surface area contributed by atoms with Crippen molar-refractivity contribution in [2.24, 2.45) is 0 Å². The van der Waals surface area contributed by atoms with Gasteiger partial charge in [-0.1, -0.05) is 24.3 Å². The molecule has 110 valence electrons. The SMILES string of the molecule is CCN(Cc1cccc(F)c1)C(=O)Cc1cccc(N)c1. The first-order chi connectivity index (χ1) is 10.1. The van der Waals surface area contributed by atoms with Gasteiger partial charge in [-0.25, -0.2) is 4.39 Å². The van der Waals surface area contributed by atoms with Gasteiger partial charge in [-0.05, 0) is 42.3 Å². The number of amides is 1. The van der Waals surface area contributed by atoms with E-state index in [4.69, 9.17) is 5.73 Å². The van der Waals surface area contributed by atoms with Crippen LogP contribution < -0.4 is 5.73 Å². The van der Waals surface area contributed by atoms with Crippen molar-refractivity contribution in [3.8, 4) is 0 Å². The number of nitrogens with two attached hydrogens (primary N) is 1. The van der Waals surface area contributed by atoms with E-state index in [2.05, 4.69) is 0 Å². The number of rotatable bonds is 5. The fraction of sp³-hybridized carbons (Fsp3) is 0.235. The molecule has 0 bridgehead atoms. The third-order valence-electron chi connectivity index (χ3n) is 3.30. The van der Waals surface area contributed by atoms with Crippen molar-refractivity contribution in [1.82, 2.24) is 4.90 Å². The minimum absolute atomic E-state index is 0.00682. The van der Waals surface area contributed by atoms with Crippen molar-refractivity contribution in [3.63, 3.8) is 0 Å². The van der Waals surface area contributed by atoms with Gasteiger partial charge in [0.15, 0.2) is 0 Å². The van der Waals surface area contributed by atoms with Crippen LogP contribution in [0.1, 0.15) is 18.1 Å². The first-order valence-corrected chi connectivity index (χ1v) is 6.95. The highest BCUT2D eigenvalue weighted by molar-refractivity contribution is 5.79. The zero-order valence-electron chi connectivity index (χ0n) is 12.1. The van der Waals surface area contributed by atoms with Gasteiger partial charge in [-0.2, -0.15) is 0 Å². The van der Waals surface area contributed by atoms with Crippen LogP contribution in [0.15, 0.2) is 48.5 Å². The monoisotopic (exact) mass is 286 g/mol. The Morgan fingerprint density at radius 2 is 1.86 bits per heavy atom. The first kappa shape index (κ1) is 15.0. The number of halogens is 1. The molecule has 0 aliphatic heterocycles. The number of carbonyl (C=O) groups excluding carboxylic acids is 1. The van der Waals surface area contributed by atoms with Gasteiger partial charge in [-0.15, -0.1) is 0 Å². The molecule has 2 aromatic rings. The Morgan fingerprint density at radius 1 is 1.14 bits per heavy atom. The highest BCUT2D eigenvalue weighted by Crippen LogP contribution is 2.11. The molecule has 0 saturated heterocycles. The molecule has 1 amide bonds. The second-order valence-corrected chi connectivity index (χ2v) is 4.96. The van der Waals surface area contributed by atoms with Crippen LogP contribution >= 0.6 is 0 Å². The van der Waals surface area contributed by atoms with Crippen LogP contribution in [0.25, 0.3) is 0 Å². The summed E-state index contributed by atoms with van der Waals surface area (Å²) in [7, 11) is 0. The summed E-state index contributed by atoms with van der Waals surface area (Å²) in [6.07, 6.45) is 0.300. The summed E-state index contributed by atoms with van der Waals surface area (Å²) >= 11 is 0. The predicted molar refractivity (Wildman–Crippen MR) is 82.0 cm³/mol. The van der Waals surface area contributed by atoms with Gasteiger partial charge in [0.05, 0.1) is 6.42 Å². The number of benzene rings is 2. The molecule has 0 aliphatic rings. The van der Waals surface area contributed by atoms with Gasteiger partial charge >= 0.3 is 0 Å². The number of likely N-dealkylation sites (N-methyl/N-ethyl adjacent to an activating group) is 1. The van der Waals surface area contributed by atoms with E-state index >= 15 is 0 Å². The largest absolute Gasteiger partial charge is 0.399 e. The van der Waals surface area contributed by atoms with E-state index in [1.807, 2.05) is 25.1 Å². The molecule has 2 rings (SSSR count). The molecule has 0 unspecified atom stereocenters. The summed E-state index contributed by atoms with van der Waals surface area (Å²) in [6, 6.07) is 13.6. The predicted octanol–water partition coefficient (Wildman–Crippen LogP) is 3.00. The Balaban J connectivity index is 2.05. The Kier molecular flexibility index (Phi) is 4.93. The number of carbonyl (C=O) groups is 1. The number of nitrogens with zero attached hydrogens (tertiary/aromatic N) is 1. The average molecular weight is 286 g/mol. The number of hydrogen-bond donors (Lipinski definition) is 1. The number of nitrogen functional groups attached to an aromatic ring is 1. The van der Waals surface area contributed by atoms with Gasteiger partial charge in [0, 0.05) is 18.8 Å². The van der Waals surface area contributed by atoms with Gasteiger partial charge in [0.25, 0.3) is 0 Å². The van der Waals surface area contributed by atoms with E-state index in [9.17, 15) is 9.18 Å². The highest BCUT2D eigenvalue weighted by atomic mass is 19.1.